The quantitative estimate of drug-likeness (QED) is 0.280. The second kappa shape index (κ2) is 8.98. The van der Waals surface area contributed by atoms with E-state index in [9.17, 15) is 19.8 Å². The summed E-state index contributed by atoms with van der Waals surface area (Å²) in [5, 5.41) is 22.1. The SMILES string of the molecule is COc1cc(C)c(/C(O)=C2\C(=O)C(=O)N(c3cc(C)ccc3O)C2c2ccc(C)o2)cc1C(C)C. The third-order valence-corrected chi connectivity index (χ3v) is 6.32. The average molecular weight is 476 g/mol. The minimum Gasteiger partial charge on any atom is -0.507 e. The van der Waals surface area contributed by atoms with Gasteiger partial charge in [0.15, 0.2) is 0 Å². The van der Waals surface area contributed by atoms with Gasteiger partial charge in [0.25, 0.3) is 11.7 Å². The molecule has 182 valence electrons. The van der Waals surface area contributed by atoms with Crippen molar-refractivity contribution in [2.45, 2.75) is 46.6 Å². The van der Waals surface area contributed by atoms with Crippen molar-refractivity contribution in [2.24, 2.45) is 0 Å². The number of ether oxygens (including phenoxy) is 1. The zero-order valence-electron chi connectivity index (χ0n) is 20.7. The Hall–Kier alpha value is -4.00. The van der Waals surface area contributed by atoms with Gasteiger partial charge < -0.3 is 19.4 Å². The Labute approximate surface area is 204 Å². The first-order chi connectivity index (χ1) is 16.5. The van der Waals surface area contributed by atoms with Crippen molar-refractivity contribution in [3.8, 4) is 11.5 Å². The van der Waals surface area contributed by atoms with Crippen LogP contribution < -0.4 is 9.64 Å². The van der Waals surface area contributed by atoms with E-state index in [1.807, 2.05) is 20.8 Å². The first kappa shape index (κ1) is 24.1. The summed E-state index contributed by atoms with van der Waals surface area (Å²) in [6, 6.07) is 10.7. The van der Waals surface area contributed by atoms with Crippen LogP contribution in [0.4, 0.5) is 5.69 Å². The summed E-state index contributed by atoms with van der Waals surface area (Å²) >= 11 is 0. The number of aryl methyl sites for hydroxylation is 3. The number of rotatable bonds is 5. The normalized spacial score (nSPS) is 17.5. The lowest BCUT2D eigenvalue weighted by atomic mass is 9.92. The van der Waals surface area contributed by atoms with Crippen molar-refractivity contribution in [3.05, 3.63) is 81.8 Å². The van der Waals surface area contributed by atoms with Gasteiger partial charge in [-0.25, -0.2) is 0 Å². The van der Waals surface area contributed by atoms with Gasteiger partial charge in [0.05, 0.1) is 18.4 Å². The molecule has 1 aromatic heterocycles. The van der Waals surface area contributed by atoms with Gasteiger partial charge >= 0.3 is 0 Å². The van der Waals surface area contributed by atoms with Crippen molar-refractivity contribution < 1.29 is 29.0 Å². The molecular weight excluding hydrogens is 446 g/mol. The van der Waals surface area contributed by atoms with E-state index in [1.54, 1.807) is 57.4 Å². The number of aromatic hydroxyl groups is 1. The fraction of sp³-hybridized carbons (Fsp3) is 0.286. The van der Waals surface area contributed by atoms with Crippen LogP contribution in [-0.2, 0) is 9.59 Å². The molecule has 1 aliphatic heterocycles. The molecular formula is C28H29NO6. The lowest BCUT2D eigenvalue weighted by Crippen LogP contribution is -2.29. The van der Waals surface area contributed by atoms with E-state index in [-0.39, 0.29) is 28.7 Å². The van der Waals surface area contributed by atoms with E-state index >= 15 is 0 Å². The molecule has 35 heavy (non-hydrogen) atoms. The summed E-state index contributed by atoms with van der Waals surface area (Å²) in [5.41, 5.74) is 2.82. The lowest BCUT2D eigenvalue weighted by Gasteiger charge is -2.24. The molecule has 1 fully saturated rings. The van der Waals surface area contributed by atoms with Gasteiger partial charge in [-0.2, -0.15) is 0 Å². The molecule has 3 aromatic rings. The molecule has 0 spiro atoms. The number of carbonyl (C=O) groups excluding carboxylic acids is 2. The van der Waals surface area contributed by atoms with E-state index in [2.05, 4.69) is 0 Å². The standard InChI is InChI=1S/C28H29NO6/c1-14(2)18-13-19(16(4)12-23(18)34-6)26(31)24-25(22-10-8-17(5)35-22)29(28(33)27(24)32)20-11-15(3)7-9-21(20)30/h7-14,25,30-31H,1-6H3/b26-24+. The number of amides is 1. The molecule has 2 heterocycles. The van der Waals surface area contributed by atoms with Crippen LogP contribution in [0.1, 0.15) is 59.6 Å². The summed E-state index contributed by atoms with van der Waals surface area (Å²) in [7, 11) is 1.58. The monoisotopic (exact) mass is 475 g/mol. The summed E-state index contributed by atoms with van der Waals surface area (Å²) in [6.07, 6.45) is 0. The smallest absolute Gasteiger partial charge is 0.300 e. The predicted octanol–water partition coefficient (Wildman–Crippen LogP) is 5.67. The van der Waals surface area contributed by atoms with E-state index < -0.39 is 17.7 Å². The van der Waals surface area contributed by atoms with Crippen LogP contribution in [0.2, 0.25) is 0 Å². The number of methoxy groups -OCH3 is 1. The van der Waals surface area contributed by atoms with Crippen LogP contribution in [0.25, 0.3) is 5.76 Å². The van der Waals surface area contributed by atoms with Crippen molar-refractivity contribution in [2.75, 3.05) is 12.0 Å². The van der Waals surface area contributed by atoms with E-state index in [0.29, 0.717) is 28.4 Å². The Balaban J connectivity index is 2.00. The van der Waals surface area contributed by atoms with Gasteiger partial charge in [0.2, 0.25) is 0 Å². The highest BCUT2D eigenvalue weighted by Gasteiger charge is 2.49. The number of hydrogen-bond donors (Lipinski definition) is 2. The number of Topliss-reactive ketones (excluding diaryl/α,β-unsaturated/α-hetero) is 1. The third kappa shape index (κ3) is 4.07. The number of phenolic OH excluding ortho intramolecular Hbond substituents is 1. The largest absolute Gasteiger partial charge is 0.507 e. The summed E-state index contributed by atoms with van der Waals surface area (Å²) in [4.78, 5) is 27.9. The molecule has 0 bridgehead atoms. The molecule has 1 aliphatic rings. The van der Waals surface area contributed by atoms with Gasteiger partial charge in [0.1, 0.15) is 34.8 Å². The zero-order chi connectivity index (χ0) is 25.6. The van der Waals surface area contributed by atoms with Crippen molar-refractivity contribution in [1.29, 1.82) is 0 Å². The first-order valence-electron chi connectivity index (χ1n) is 11.4. The number of nitrogens with zero attached hydrogens (tertiary/aromatic N) is 1. The summed E-state index contributed by atoms with van der Waals surface area (Å²) in [5.74, 6) is -0.524. The second-order valence-electron chi connectivity index (χ2n) is 9.17. The molecule has 4 rings (SSSR count). The number of aliphatic hydroxyl groups is 1. The number of phenols is 1. The number of anilines is 1. The maximum absolute atomic E-state index is 13.4. The molecule has 7 nitrogen and oxygen atoms in total. The highest BCUT2D eigenvalue weighted by molar-refractivity contribution is 6.51. The molecule has 1 unspecified atom stereocenters. The summed E-state index contributed by atoms with van der Waals surface area (Å²) < 4.78 is 11.3. The van der Waals surface area contributed by atoms with Crippen LogP contribution in [0.3, 0.4) is 0 Å². The predicted molar refractivity (Wildman–Crippen MR) is 133 cm³/mol. The van der Waals surface area contributed by atoms with Crippen molar-refractivity contribution in [1.82, 2.24) is 0 Å². The van der Waals surface area contributed by atoms with Gasteiger partial charge in [0, 0.05) is 5.56 Å². The number of furan rings is 1. The van der Waals surface area contributed by atoms with E-state index in [1.165, 1.54) is 11.0 Å². The molecule has 2 N–H and O–H groups in total. The Bertz CT molecular complexity index is 1360. The topological polar surface area (TPSA) is 100 Å². The fourth-order valence-electron chi connectivity index (χ4n) is 4.50. The average Bonchev–Trinajstić information content (AvgIpc) is 3.35. The minimum absolute atomic E-state index is 0.0901. The Morgan fingerprint density at radius 2 is 1.77 bits per heavy atom. The van der Waals surface area contributed by atoms with Gasteiger partial charge in [-0.05, 0) is 79.8 Å². The minimum atomic E-state index is -1.06. The number of hydrogen-bond acceptors (Lipinski definition) is 6. The van der Waals surface area contributed by atoms with E-state index in [0.717, 1.165) is 11.1 Å². The van der Waals surface area contributed by atoms with Crippen LogP contribution in [0.15, 0.2) is 52.5 Å². The van der Waals surface area contributed by atoms with Crippen LogP contribution in [0.5, 0.6) is 11.5 Å². The molecule has 0 radical (unpaired) electrons. The first-order valence-corrected chi connectivity index (χ1v) is 11.4. The molecule has 1 amide bonds. The van der Waals surface area contributed by atoms with Crippen molar-refractivity contribution >= 4 is 23.1 Å². The zero-order valence-corrected chi connectivity index (χ0v) is 20.7. The van der Waals surface area contributed by atoms with Crippen LogP contribution >= 0.6 is 0 Å². The number of benzene rings is 2. The molecule has 0 saturated carbocycles. The van der Waals surface area contributed by atoms with Crippen LogP contribution in [-0.4, -0.2) is 29.0 Å². The fourth-order valence-corrected chi connectivity index (χ4v) is 4.50. The number of ketones is 1. The Kier molecular flexibility index (Phi) is 6.19. The number of aliphatic hydroxyl groups excluding tert-OH is 1. The van der Waals surface area contributed by atoms with E-state index in [4.69, 9.17) is 9.15 Å². The molecule has 0 aliphatic carbocycles. The maximum atomic E-state index is 13.4. The summed E-state index contributed by atoms with van der Waals surface area (Å²) in [6.45, 7) is 9.38. The van der Waals surface area contributed by atoms with Gasteiger partial charge in [-0.1, -0.05) is 19.9 Å². The maximum Gasteiger partial charge on any atom is 0.300 e. The third-order valence-electron chi connectivity index (χ3n) is 6.32. The molecule has 1 saturated heterocycles. The van der Waals surface area contributed by atoms with Gasteiger partial charge in [-0.3, -0.25) is 14.5 Å². The second-order valence-corrected chi connectivity index (χ2v) is 9.17. The number of carbonyl (C=O) groups is 2. The molecule has 1 atom stereocenters. The van der Waals surface area contributed by atoms with Crippen LogP contribution in [0, 0.1) is 20.8 Å². The highest BCUT2D eigenvalue weighted by atomic mass is 16.5. The Morgan fingerprint density at radius 3 is 2.37 bits per heavy atom. The lowest BCUT2D eigenvalue weighted by molar-refractivity contribution is -0.132. The van der Waals surface area contributed by atoms with Gasteiger partial charge in [-0.15, -0.1) is 0 Å². The molecule has 7 heteroatoms. The molecule has 2 aromatic carbocycles. The van der Waals surface area contributed by atoms with Crippen molar-refractivity contribution in [3.63, 3.8) is 0 Å². The Morgan fingerprint density at radius 1 is 1.06 bits per heavy atom. The highest BCUT2D eigenvalue weighted by Crippen LogP contribution is 2.46.